The number of aryl methyl sites for hydroxylation is 1. The van der Waals surface area contributed by atoms with Crippen molar-refractivity contribution >= 4 is 34.2 Å². The van der Waals surface area contributed by atoms with Crippen molar-refractivity contribution in [1.82, 2.24) is 4.98 Å². The zero-order chi connectivity index (χ0) is 21.4. The van der Waals surface area contributed by atoms with Crippen molar-refractivity contribution in [3.05, 3.63) is 35.0 Å². The average Bonchev–Trinajstić information content (AvgIpc) is 3.12. The summed E-state index contributed by atoms with van der Waals surface area (Å²) in [5.74, 6) is 1.26. The molecule has 1 aromatic carbocycles. The predicted molar refractivity (Wildman–Crippen MR) is 124 cm³/mol. The van der Waals surface area contributed by atoms with Crippen LogP contribution in [0.15, 0.2) is 24.4 Å². The Bertz CT molecular complexity index is 763. The second-order valence-electron chi connectivity index (χ2n) is 8.40. The number of hydrogen-bond acceptors (Lipinski definition) is 6. The molecule has 0 saturated heterocycles. The maximum absolute atomic E-state index is 10.6. The van der Waals surface area contributed by atoms with Gasteiger partial charge in [-0.05, 0) is 36.0 Å². The number of benzene rings is 1. The Kier molecular flexibility index (Phi) is 8.96. The van der Waals surface area contributed by atoms with Crippen molar-refractivity contribution in [2.75, 3.05) is 29.9 Å². The Hall–Kier alpha value is -2.08. The molecule has 0 amide bonds. The molecule has 5 nitrogen and oxygen atoms in total. The predicted octanol–water partition coefficient (Wildman–Crippen LogP) is 5.84. The average molecular weight is 418 g/mol. The fraction of sp³-hybridized carbons (Fsp3) is 0.565. The molecule has 0 aliphatic rings. The highest BCUT2D eigenvalue weighted by Crippen LogP contribution is 2.35. The molecule has 0 fully saturated rings. The van der Waals surface area contributed by atoms with Gasteiger partial charge in [0.2, 0.25) is 0 Å². The summed E-state index contributed by atoms with van der Waals surface area (Å²) < 4.78 is 4.99. The number of carbonyl (C=O) groups is 1. The van der Waals surface area contributed by atoms with Crippen molar-refractivity contribution in [3.8, 4) is 0 Å². The van der Waals surface area contributed by atoms with Gasteiger partial charge in [0.1, 0.15) is 5.00 Å². The number of ether oxygens (including phenoxy) is 1. The van der Waals surface area contributed by atoms with Gasteiger partial charge >= 0.3 is 0 Å². The Balaban J connectivity index is 2.41. The molecular formula is C23H35N3O2S. The highest BCUT2D eigenvalue weighted by atomic mass is 32.1. The number of nitrogens with zero attached hydrogens (tertiary/aromatic N) is 2. The van der Waals surface area contributed by atoms with Gasteiger partial charge in [-0.3, -0.25) is 4.79 Å². The van der Waals surface area contributed by atoms with E-state index in [1.807, 2.05) is 6.20 Å². The van der Waals surface area contributed by atoms with Crippen LogP contribution in [0, 0.1) is 11.8 Å². The van der Waals surface area contributed by atoms with Gasteiger partial charge in [0, 0.05) is 19.0 Å². The fourth-order valence-electron chi connectivity index (χ4n) is 3.33. The molecule has 0 radical (unpaired) electrons. The number of anilines is 3. The number of carbonyl (C=O) groups excluding carboxylic acids is 1. The molecule has 0 aliphatic heterocycles. The van der Waals surface area contributed by atoms with E-state index in [1.165, 1.54) is 5.69 Å². The van der Waals surface area contributed by atoms with E-state index >= 15 is 0 Å². The number of thiazole rings is 1. The van der Waals surface area contributed by atoms with Crippen LogP contribution < -0.4 is 10.2 Å². The second kappa shape index (κ2) is 11.2. The van der Waals surface area contributed by atoms with E-state index in [-0.39, 0.29) is 5.92 Å². The van der Waals surface area contributed by atoms with Gasteiger partial charge in [0.05, 0.1) is 29.2 Å². The van der Waals surface area contributed by atoms with Crippen LogP contribution in [0.1, 0.15) is 58.0 Å². The summed E-state index contributed by atoms with van der Waals surface area (Å²) in [6, 6.07) is 6.53. The van der Waals surface area contributed by atoms with E-state index in [4.69, 9.17) is 4.74 Å². The molecule has 1 atom stereocenters. The molecule has 6 heteroatoms. The molecule has 0 aliphatic carbocycles. The molecule has 1 aromatic heterocycles. The third-order valence-electron chi connectivity index (χ3n) is 4.63. The topological polar surface area (TPSA) is 54.5 Å². The van der Waals surface area contributed by atoms with Gasteiger partial charge in [0.25, 0.3) is 6.47 Å². The van der Waals surface area contributed by atoms with Crippen LogP contribution in [-0.2, 0) is 16.0 Å². The number of aromatic nitrogens is 1. The molecule has 1 unspecified atom stereocenters. The first-order valence-corrected chi connectivity index (χ1v) is 11.3. The van der Waals surface area contributed by atoms with Crippen LogP contribution in [0.2, 0.25) is 0 Å². The van der Waals surface area contributed by atoms with Gasteiger partial charge < -0.3 is 15.0 Å². The highest BCUT2D eigenvalue weighted by molar-refractivity contribution is 7.15. The molecular weight excluding hydrogens is 382 g/mol. The van der Waals surface area contributed by atoms with Crippen LogP contribution in [0.5, 0.6) is 0 Å². The molecule has 0 spiro atoms. The molecule has 1 N–H and O–H groups in total. The van der Waals surface area contributed by atoms with Gasteiger partial charge in [-0.2, -0.15) is 0 Å². The lowest BCUT2D eigenvalue weighted by atomic mass is 10.00. The van der Waals surface area contributed by atoms with Crippen LogP contribution in [0.4, 0.5) is 16.4 Å². The Morgan fingerprint density at radius 2 is 1.86 bits per heavy atom. The zero-order valence-electron chi connectivity index (χ0n) is 18.6. The highest BCUT2D eigenvalue weighted by Gasteiger charge is 2.17. The summed E-state index contributed by atoms with van der Waals surface area (Å²) in [6.45, 7) is 16.1. The first kappa shape index (κ1) is 23.2. The van der Waals surface area contributed by atoms with Crippen LogP contribution in [-0.4, -0.2) is 31.2 Å². The Labute approximate surface area is 179 Å². The summed E-state index contributed by atoms with van der Waals surface area (Å²) in [7, 11) is 0. The van der Waals surface area contributed by atoms with Gasteiger partial charge in [-0.15, -0.1) is 11.3 Å². The van der Waals surface area contributed by atoms with Gasteiger partial charge in [0.15, 0.2) is 0 Å². The normalized spacial score (nSPS) is 12.3. The second-order valence-corrected chi connectivity index (χ2v) is 9.51. The summed E-state index contributed by atoms with van der Waals surface area (Å²) in [6.07, 6.45) is 2.85. The number of nitrogens with one attached hydrogen (secondary N) is 1. The lowest BCUT2D eigenvalue weighted by Crippen LogP contribution is -2.31. The largest absolute Gasteiger partial charge is 0.467 e. The Morgan fingerprint density at radius 1 is 1.17 bits per heavy atom. The van der Waals surface area contributed by atoms with E-state index in [0.717, 1.165) is 40.8 Å². The standard InChI is InChI=1S/C23H35N3O2S/c1-7-22-24-11-23(29-22)25-20-10-19(18(6)14-28-15-27)8-9-21(20)26(12-16(2)3)13-17(4)5/h8-11,15-18,25H,7,12-14H2,1-6H3. The molecule has 2 rings (SSSR count). The zero-order valence-corrected chi connectivity index (χ0v) is 19.4. The third-order valence-corrected chi connectivity index (χ3v) is 5.69. The van der Waals surface area contributed by atoms with Gasteiger partial charge in [-0.1, -0.05) is 47.6 Å². The maximum atomic E-state index is 10.6. The summed E-state index contributed by atoms with van der Waals surface area (Å²) in [5.41, 5.74) is 3.42. The minimum absolute atomic E-state index is 0.131. The summed E-state index contributed by atoms with van der Waals surface area (Å²) in [4.78, 5) is 17.5. The smallest absolute Gasteiger partial charge is 0.293 e. The van der Waals surface area contributed by atoms with E-state index in [0.29, 0.717) is 24.9 Å². The van der Waals surface area contributed by atoms with E-state index in [1.54, 1.807) is 11.3 Å². The van der Waals surface area contributed by atoms with Crippen molar-refractivity contribution in [1.29, 1.82) is 0 Å². The molecule has 29 heavy (non-hydrogen) atoms. The lowest BCUT2D eigenvalue weighted by molar-refractivity contribution is -0.129. The number of rotatable bonds is 12. The summed E-state index contributed by atoms with van der Waals surface area (Å²) in [5, 5.41) is 5.78. The first-order valence-electron chi connectivity index (χ1n) is 10.5. The van der Waals surface area contributed by atoms with E-state index in [2.05, 4.69) is 74.9 Å². The van der Waals surface area contributed by atoms with Crippen LogP contribution >= 0.6 is 11.3 Å². The monoisotopic (exact) mass is 417 g/mol. The van der Waals surface area contributed by atoms with Crippen LogP contribution in [0.3, 0.4) is 0 Å². The minimum atomic E-state index is 0.131. The molecule has 0 saturated carbocycles. The number of hydrogen-bond donors (Lipinski definition) is 1. The van der Waals surface area contributed by atoms with Crippen molar-refractivity contribution in [2.24, 2.45) is 11.8 Å². The van der Waals surface area contributed by atoms with E-state index < -0.39 is 0 Å². The van der Waals surface area contributed by atoms with Crippen LogP contribution in [0.25, 0.3) is 0 Å². The first-order chi connectivity index (χ1) is 13.8. The fourth-order valence-corrected chi connectivity index (χ4v) is 4.10. The lowest BCUT2D eigenvalue weighted by Gasteiger charge is -2.31. The SMILES string of the molecule is CCc1ncc(Nc2cc(C(C)COC=O)ccc2N(CC(C)C)CC(C)C)s1. The molecule has 0 bridgehead atoms. The third kappa shape index (κ3) is 7.03. The van der Waals surface area contributed by atoms with Crippen molar-refractivity contribution in [2.45, 2.75) is 53.9 Å². The minimum Gasteiger partial charge on any atom is -0.467 e. The van der Waals surface area contributed by atoms with Gasteiger partial charge in [-0.25, -0.2) is 4.98 Å². The summed E-state index contributed by atoms with van der Waals surface area (Å²) >= 11 is 1.69. The Morgan fingerprint density at radius 3 is 2.41 bits per heavy atom. The maximum Gasteiger partial charge on any atom is 0.293 e. The quantitative estimate of drug-likeness (QED) is 0.439. The molecule has 2 aromatic rings. The van der Waals surface area contributed by atoms with E-state index in [9.17, 15) is 4.79 Å². The molecule has 160 valence electrons. The van der Waals surface area contributed by atoms with Crippen molar-refractivity contribution < 1.29 is 9.53 Å². The van der Waals surface area contributed by atoms with Crippen molar-refractivity contribution in [3.63, 3.8) is 0 Å². The molecule has 1 heterocycles.